The molecule has 0 atom stereocenters. The summed E-state index contributed by atoms with van der Waals surface area (Å²) in [4.78, 5) is 22.0. The lowest BCUT2D eigenvalue weighted by Gasteiger charge is -2.30. The normalized spacial score (nSPS) is 15.7. The highest BCUT2D eigenvalue weighted by Gasteiger charge is 2.31. The topological polar surface area (TPSA) is 95.5 Å². The molecule has 5 rings (SSSR count). The quantitative estimate of drug-likeness (QED) is 0.206. The molecule has 4 aromatic rings. The lowest BCUT2D eigenvalue weighted by atomic mass is 9.94. The fourth-order valence-electron chi connectivity index (χ4n) is 3.49. The summed E-state index contributed by atoms with van der Waals surface area (Å²) in [6, 6.07) is 6.58. The number of aromatic nitrogens is 4. The standard InChI is InChI=1S/C19H17N5O3S2/c1-19(2)7-13-14(8-27-19)29-17-15(13)16-20-10-21-23(16)18(22-17)28-9-11-3-5-12(6-4-11)24(25)26/h3-6,10H,7-9H2,1-2H3. The average Bonchev–Trinajstić information content (AvgIpc) is 3.29. The van der Waals surface area contributed by atoms with Crippen molar-refractivity contribution < 1.29 is 9.66 Å². The third-order valence-corrected chi connectivity index (χ3v) is 7.03. The molecule has 0 aliphatic carbocycles. The third-order valence-electron chi connectivity index (χ3n) is 4.93. The van der Waals surface area contributed by atoms with E-state index >= 15 is 0 Å². The van der Waals surface area contributed by atoms with Gasteiger partial charge in [0.15, 0.2) is 10.8 Å². The fourth-order valence-corrected chi connectivity index (χ4v) is 5.54. The van der Waals surface area contributed by atoms with Crippen molar-refractivity contribution in [3.63, 3.8) is 0 Å². The van der Waals surface area contributed by atoms with Crippen LogP contribution in [0.1, 0.15) is 29.9 Å². The Morgan fingerprint density at radius 2 is 2.14 bits per heavy atom. The van der Waals surface area contributed by atoms with Crippen LogP contribution in [0.15, 0.2) is 35.7 Å². The number of hydrogen-bond acceptors (Lipinski definition) is 8. The zero-order valence-electron chi connectivity index (χ0n) is 15.8. The van der Waals surface area contributed by atoms with Crippen molar-refractivity contribution in [2.75, 3.05) is 0 Å². The molecule has 0 amide bonds. The molecule has 148 valence electrons. The Kier molecular flexibility index (Phi) is 4.30. The van der Waals surface area contributed by atoms with Gasteiger partial charge >= 0.3 is 0 Å². The van der Waals surface area contributed by atoms with E-state index in [-0.39, 0.29) is 11.3 Å². The smallest absolute Gasteiger partial charge is 0.269 e. The molecule has 4 heterocycles. The molecule has 8 nitrogen and oxygen atoms in total. The summed E-state index contributed by atoms with van der Waals surface area (Å²) in [5, 5.41) is 17.0. The number of nitro groups is 1. The number of nitrogens with zero attached hydrogens (tertiary/aromatic N) is 5. The molecule has 10 heteroatoms. The van der Waals surface area contributed by atoms with Crippen molar-refractivity contribution in [2.45, 2.75) is 43.4 Å². The number of nitro benzene ring substituents is 1. The minimum absolute atomic E-state index is 0.0891. The number of hydrogen-bond donors (Lipinski definition) is 0. The monoisotopic (exact) mass is 427 g/mol. The summed E-state index contributed by atoms with van der Waals surface area (Å²) >= 11 is 3.19. The molecular formula is C19H17N5O3S2. The summed E-state index contributed by atoms with van der Waals surface area (Å²) in [5.41, 5.74) is 2.94. The van der Waals surface area contributed by atoms with Crippen LogP contribution < -0.4 is 0 Å². The number of benzene rings is 1. The van der Waals surface area contributed by atoms with E-state index in [2.05, 4.69) is 23.9 Å². The van der Waals surface area contributed by atoms with Crippen molar-refractivity contribution in [2.24, 2.45) is 0 Å². The molecule has 0 bridgehead atoms. The Balaban J connectivity index is 1.51. The summed E-state index contributed by atoms with van der Waals surface area (Å²) in [7, 11) is 0. The Hall–Kier alpha value is -2.56. The van der Waals surface area contributed by atoms with Gasteiger partial charge in [-0.05, 0) is 25.0 Å². The van der Waals surface area contributed by atoms with E-state index in [0.29, 0.717) is 12.4 Å². The molecule has 1 aliphatic rings. The van der Waals surface area contributed by atoms with Crippen LogP contribution in [0.3, 0.4) is 0 Å². The van der Waals surface area contributed by atoms with E-state index in [1.807, 2.05) is 0 Å². The number of thioether (sulfide) groups is 1. The predicted octanol–water partition coefficient (Wildman–Crippen LogP) is 4.39. The van der Waals surface area contributed by atoms with Gasteiger partial charge in [0.2, 0.25) is 0 Å². The van der Waals surface area contributed by atoms with Crippen molar-refractivity contribution in [1.29, 1.82) is 0 Å². The third kappa shape index (κ3) is 3.26. The van der Waals surface area contributed by atoms with Gasteiger partial charge in [0.1, 0.15) is 11.2 Å². The SMILES string of the molecule is CC1(C)Cc2c(sc3nc(SCc4ccc([N+](=O)[O-])cc4)n4ncnc4c23)CO1. The van der Waals surface area contributed by atoms with Gasteiger partial charge in [-0.2, -0.15) is 9.61 Å². The molecule has 29 heavy (non-hydrogen) atoms. The first-order valence-corrected chi connectivity index (χ1v) is 10.9. The van der Waals surface area contributed by atoms with Gasteiger partial charge in [-0.1, -0.05) is 23.9 Å². The van der Waals surface area contributed by atoms with Crippen LogP contribution in [0.5, 0.6) is 0 Å². The van der Waals surface area contributed by atoms with E-state index in [0.717, 1.165) is 33.0 Å². The zero-order valence-corrected chi connectivity index (χ0v) is 17.4. The van der Waals surface area contributed by atoms with Crippen LogP contribution in [-0.2, 0) is 23.5 Å². The first-order valence-electron chi connectivity index (χ1n) is 9.05. The van der Waals surface area contributed by atoms with Gasteiger partial charge in [-0.3, -0.25) is 10.1 Å². The maximum Gasteiger partial charge on any atom is 0.269 e. The number of thiophene rings is 1. The molecule has 0 spiro atoms. The Morgan fingerprint density at radius 1 is 1.34 bits per heavy atom. The highest BCUT2D eigenvalue weighted by molar-refractivity contribution is 7.98. The molecule has 0 saturated carbocycles. The number of non-ortho nitro benzene ring substituents is 1. The fraction of sp³-hybridized carbons (Fsp3) is 0.316. The number of ether oxygens (including phenoxy) is 1. The van der Waals surface area contributed by atoms with Crippen LogP contribution in [0.2, 0.25) is 0 Å². The van der Waals surface area contributed by atoms with Gasteiger partial charge in [-0.15, -0.1) is 11.3 Å². The van der Waals surface area contributed by atoms with Crippen LogP contribution in [0, 0.1) is 10.1 Å². The molecule has 0 fully saturated rings. The van der Waals surface area contributed by atoms with Gasteiger partial charge in [0.05, 0.1) is 22.5 Å². The van der Waals surface area contributed by atoms with E-state index < -0.39 is 4.92 Å². The Bertz CT molecular complexity index is 1250. The molecule has 0 saturated heterocycles. The van der Waals surface area contributed by atoms with Gasteiger partial charge in [0, 0.05) is 29.2 Å². The lowest BCUT2D eigenvalue weighted by Crippen LogP contribution is -2.31. The maximum absolute atomic E-state index is 10.8. The Morgan fingerprint density at radius 3 is 2.90 bits per heavy atom. The minimum Gasteiger partial charge on any atom is -0.370 e. The highest BCUT2D eigenvalue weighted by atomic mass is 32.2. The highest BCUT2D eigenvalue weighted by Crippen LogP contribution is 2.40. The van der Waals surface area contributed by atoms with E-state index in [1.54, 1.807) is 34.3 Å². The molecule has 1 aliphatic heterocycles. The van der Waals surface area contributed by atoms with Crippen molar-refractivity contribution in [1.82, 2.24) is 19.6 Å². The summed E-state index contributed by atoms with van der Waals surface area (Å²) in [6.45, 7) is 4.79. The maximum atomic E-state index is 10.8. The average molecular weight is 428 g/mol. The minimum atomic E-state index is -0.394. The molecule has 3 aromatic heterocycles. The number of rotatable bonds is 4. The second-order valence-electron chi connectivity index (χ2n) is 7.51. The van der Waals surface area contributed by atoms with E-state index in [4.69, 9.17) is 9.72 Å². The predicted molar refractivity (Wildman–Crippen MR) is 111 cm³/mol. The Labute approximate surface area is 174 Å². The van der Waals surface area contributed by atoms with E-state index in [9.17, 15) is 10.1 Å². The number of fused-ring (bicyclic) bond motifs is 5. The van der Waals surface area contributed by atoms with Gasteiger partial charge in [0.25, 0.3) is 5.69 Å². The van der Waals surface area contributed by atoms with Gasteiger partial charge in [-0.25, -0.2) is 9.97 Å². The van der Waals surface area contributed by atoms with E-state index in [1.165, 1.54) is 34.3 Å². The van der Waals surface area contributed by atoms with Gasteiger partial charge < -0.3 is 4.74 Å². The van der Waals surface area contributed by atoms with Crippen LogP contribution in [-0.4, -0.2) is 30.1 Å². The van der Waals surface area contributed by atoms with Crippen LogP contribution >= 0.6 is 23.1 Å². The molecule has 0 radical (unpaired) electrons. The molecular weight excluding hydrogens is 410 g/mol. The summed E-state index contributed by atoms with van der Waals surface area (Å²) in [5.74, 6) is 0.632. The molecule has 0 unspecified atom stereocenters. The van der Waals surface area contributed by atoms with Crippen molar-refractivity contribution in [3.05, 3.63) is 56.7 Å². The largest absolute Gasteiger partial charge is 0.370 e. The second-order valence-corrected chi connectivity index (χ2v) is 9.54. The van der Waals surface area contributed by atoms with Crippen molar-refractivity contribution >= 4 is 44.6 Å². The molecule has 0 N–H and O–H groups in total. The van der Waals surface area contributed by atoms with Crippen LogP contribution in [0.4, 0.5) is 5.69 Å². The summed E-state index contributed by atoms with van der Waals surface area (Å²) < 4.78 is 7.75. The zero-order chi connectivity index (χ0) is 20.2. The molecule has 1 aromatic carbocycles. The lowest BCUT2D eigenvalue weighted by molar-refractivity contribution is -0.384. The first-order chi connectivity index (χ1) is 13.9. The van der Waals surface area contributed by atoms with Crippen molar-refractivity contribution in [3.8, 4) is 0 Å². The first kappa shape index (κ1) is 18.5. The second kappa shape index (κ2) is 6.75. The summed E-state index contributed by atoms with van der Waals surface area (Å²) in [6.07, 6.45) is 2.38. The van der Waals surface area contributed by atoms with Crippen LogP contribution in [0.25, 0.3) is 15.9 Å².